The van der Waals surface area contributed by atoms with Gasteiger partial charge in [0, 0.05) is 33.3 Å². The molecule has 0 aliphatic rings. The maximum atomic E-state index is 13.3. The molecule has 1 atom stereocenters. The molecule has 1 amide bonds. The first-order valence-electron chi connectivity index (χ1n) is 11.5. The van der Waals surface area contributed by atoms with Crippen molar-refractivity contribution >= 4 is 51.7 Å². The van der Waals surface area contributed by atoms with Crippen LogP contribution in [0.2, 0.25) is 10.0 Å². The molecule has 38 heavy (non-hydrogen) atoms. The number of hydrogen-bond donors (Lipinski definition) is 2. The minimum atomic E-state index is -1.28. The Kier molecular flexibility index (Phi) is 7.61. The van der Waals surface area contributed by atoms with Gasteiger partial charge < -0.3 is 15.3 Å². The topological polar surface area (TPSA) is 114 Å². The highest BCUT2D eigenvalue weighted by Gasteiger charge is 2.24. The highest BCUT2D eigenvalue weighted by atomic mass is 35.5. The summed E-state index contributed by atoms with van der Waals surface area (Å²) in [5.74, 6) is -1.96. The Morgan fingerprint density at radius 3 is 2.21 bits per heavy atom. The van der Waals surface area contributed by atoms with Crippen LogP contribution in [0.3, 0.4) is 0 Å². The van der Waals surface area contributed by atoms with Gasteiger partial charge in [-0.2, -0.15) is 0 Å². The third kappa shape index (κ3) is 5.16. The first-order chi connectivity index (χ1) is 18.0. The maximum absolute atomic E-state index is 13.3. The number of carbonyl (C=O) groups is 2. The van der Waals surface area contributed by atoms with Crippen LogP contribution in [0.25, 0.3) is 16.6 Å². The lowest BCUT2D eigenvalue weighted by Gasteiger charge is -2.17. The molecule has 0 saturated carbocycles. The van der Waals surface area contributed by atoms with E-state index in [1.54, 1.807) is 49.5 Å². The average Bonchev–Trinajstić information content (AvgIpc) is 2.87. The van der Waals surface area contributed by atoms with Crippen molar-refractivity contribution in [2.24, 2.45) is 7.05 Å². The SMILES string of the molecule is CN(C)c1ccc2c(c1)c(=O)n(-c1ccc(C[C@H](NC(=O)c3c(Cl)cccc3Cl)C(=O)O)cc1)c(=O)n2C. The molecule has 9 nitrogen and oxygen atoms in total. The maximum Gasteiger partial charge on any atom is 0.335 e. The van der Waals surface area contributed by atoms with E-state index in [1.807, 2.05) is 25.1 Å². The molecule has 4 aromatic rings. The summed E-state index contributed by atoms with van der Waals surface area (Å²) in [5, 5.41) is 12.7. The lowest BCUT2D eigenvalue weighted by Crippen LogP contribution is -2.42. The fourth-order valence-corrected chi connectivity index (χ4v) is 4.69. The molecule has 0 saturated heterocycles. The van der Waals surface area contributed by atoms with E-state index in [0.29, 0.717) is 22.2 Å². The Balaban J connectivity index is 1.64. The monoisotopic (exact) mass is 554 g/mol. The third-order valence-electron chi connectivity index (χ3n) is 6.20. The molecule has 196 valence electrons. The standard InChI is InChI=1S/C27H24Cl2N4O5/c1-31(2)17-11-12-22-18(14-17)25(35)33(27(38)32(22)3)16-9-7-15(8-10-16)13-21(26(36)37)30-24(34)23-19(28)5-4-6-20(23)29/h4-12,14,21H,13H2,1-3H3,(H,30,34)(H,36,37)/t21-/m0/s1. The van der Waals surface area contributed by atoms with Crippen LogP contribution in [0.5, 0.6) is 0 Å². The van der Waals surface area contributed by atoms with Crippen molar-refractivity contribution in [3.8, 4) is 5.69 Å². The van der Waals surface area contributed by atoms with E-state index in [9.17, 15) is 24.3 Å². The Hall–Kier alpha value is -4.08. The van der Waals surface area contributed by atoms with Gasteiger partial charge in [0.1, 0.15) is 6.04 Å². The number of carboxylic acid groups (broad SMARTS) is 1. The van der Waals surface area contributed by atoms with Gasteiger partial charge in [0.15, 0.2) is 0 Å². The zero-order chi connectivity index (χ0) is 27.7. The molecule has 4 rings (SSSR count). The van der Waals surface area contributed by atoms with Gasteiger partial charge in [-0.05, 0) is 48.0 Å². The van der Waals surface area contributed by atoms with E-state index in [4.69, 9.17) is 23.2 Å². The normalized spacial score (nSPS) is 11.8. The lowest BCUT2D eigenvalue weighted by molar-refractivity contribution is -0.139. The van der Waals surface area contributed by atoms with Gasteiger partial charge in [-0.25, -0.2) is 14.2 Å². The number of anilines is 1. The molecule has 0 aliphatic carbocycles. The molecular formula is C27H24Cl2N4O5. The van der Waals surface area contributed by atoms with Crippen LogP contribution < -0.4 is 21.5 Å². The lowest BCUT2D eigenvalue weighted by atomic mass is 10.0. The molecule has 0 spiro atoms. The van der Waals surface area contributed by atoms with Gasteiger partial charge in [-0.3, -0.25) is 14.2 Å². The predicted molar refractivity (Wildman–Crippen MR) is 148 cm³/mol. The van der Waals surface area contributed by atoms with Gasteiger partial charge >= 0.3 is 11.7 Å². The summed E-state index contributed by atoms with van der Waals surface area (Å²) in [6, 6.07) is 14.9. The van der Waals surface area contributed by atoms with Gasteiger partial charge in [0.25, 0.3) is 11.5 Å². The van der Waals surface area contributed by atoms with Crippen LogP contribution in [-0.4, -0.2) is 46.3 Å². The van der Waals surface area contributed by atoms with Crippen LogP contribution in [0, 0.1) is 0 Å². The average molecular weight is 555 g/mol. The zero-order valence-corrected chi connectivity index (χ0v) is 22.2. The Morgan fingerprint density at radius 1 is 1.00 bits per heavy atom. The second kappa shape index (κ2) is 10.7. The van der Waals surface area contributed by atoms with Crippen molar-refractivity contribution in [3.63, 3.8) is 0 Å². The highest BCUT2D eigenvalue weighted by Crippen LogP contribution is 2.24. The molecule has 0 aliphatic heterocycles. The number of rotatable bonds is 7. The molecule has 0 radical (unpaired) electrons. The number of fused-ring (bicyclic) bond motifs is 1. The molecule has 0 bridgehead atoms. The van der Waals surface area contributed by atoms with Crippen LogP contribution in [0.1, 0.15) is 15.9 Å². The second-order valence-electron chi connectivity index (χ2n) is 8.91. The van der Waals surface area contributed by atoms with Crippen molar-refractivity contribution in [3.05, 3.63) is 103 Å². The van der Waals surface area contributed by atoms with E-state index >= 15 is 0 Å². The molecule has 3 aromatic carbocycles. The van der Waals surface area contributed by atoms with Crippen LogP contribution in [0.15, 0.2) is 70.3 Å². The summed E-state index contributed by atoms with van der Waals surface area (Å²) in [4.78, 5) is 52.8. The van der Waals surface area contributed by atoms with E-state index < -0.39 is 29.2 Å². The van der Waals surface area contributed by atoms with Crippen molar-refractivity contribution in [1.29, 1.82) is 0 Å². The number of nitrogens with one attached hydrogen (secondary N) is 1. The number of carboxylic acids is 1. The minimum Gasteiger partial charge on any atom is -0.480 e. The number of benzene rings is 3. The second-order valence-corrected chi connectivity index (χ2v) is 9.72. The first kappa shape index (κ1) is 27.0. The molecule has 2 N–H and O–H groups in total. The first-order valence-corrected chi connectivity index (χ1v) is 12.2. The van der Waals surface area contributed by atoms with Crippen LogP contribution in [0.4, 0.5) is 5.69 Å². The van der Waals surface area contributed by atoms with E-state index in [0.717, 1.165) is 10.3 Å². The molecular weight excluding hydrogens is 531 g/mol. The van der Waals surface area contributed by atoms with Gasteiger partial charge in [-0.15, -0.1) is 0 Å². The predicted octanol–water partition coefficient (Wildman–Crippen LogP) is 3.49. The largest absolute Gasteiger partial charge is 0.480 e. The molecule has 1 aromatic heterocycles. The number of hydrogen-bond acceptors (Lipinski definition) is 5. The van der Waals surface area contributed by atoms with Gasteiger partial charge in [0.05, 0.1) is 32.2 Å². The number of carbonyl (C=O) groups excluding carboxylic acids is 1. The van der Waals surface area contributed by atoms with Gasteiger partial charge in [-0.1, -0.05) is 41.4 Å². The smallest absolute Gasteiger partial charge is 0.335 e. The summed E-state index contributed by atoms with van der Waals surface area (Å²) in [6.07, 6.45) is -0.0553. The quantitative estimate of drug-likeness (QED) is 0.361. The Labute approximate surface area is 227 Å². The Bertz CT molecular complexity index is 1660. The van der Waals surface area contributed by atoms with E-state index in [1.165, 1.54) is 16.7 Å². The fourth-order valence-electron chi connectivity index (χ4n) is 4.12. The third-order valence-corrected chi connectivity index (χ3v) is 6.83. The number of aryl methyl sites for hydroxylation is 1. The number of aromatic nitrogens is 2. The summed E-state index contributed by atoms with van der Waals surface area (Å²) in [6.45, 7) is 0. The van der Waals surface area contributed by atoms with E-state index in [-0.39, 0.29) is 22.0 Å². The number of aliphatic carboxylic acids is 1. The summed E-state index contributed by atoms with van der Waals surface area (Å²) < 4.78 is 2.47. The molecule has 0 unspecified atom stereocenters. The Morgan fingerprint density at radius 2 is 1.63 bits per heavy atom. The van der Waals surface area contributed by atoms with E-state index in [2.05, 4.69) is 5.32 Å². The molecule has 11 heteroatoms. The van der Waals surface area contributed by atoms with Crippen molar-refractivity contribution in [2.75, 3.05) is 19.0 Å². The van der Waals surface area contributed by atoms with Crippen molar-refractivity contribution < 1.29 is 14.7 Å². The highest BCUT2D eigenvalue weighted by molar-refractivity contribution is 6.39. The number of amides is 1. The molecule has 0 fully saturated rings. The van der Waals surface area contributed by atoms with Crippen molar-refractivity contribution in [2.45, 2.75) is 12.5 Å². The number of nitrogens with zero attached hydrogens (tertiary/aromatic N) is 3. The fraction of sp³-hybridized carbons (Fsp3) is 0.185. The van der Waals surface area contributed by atoms with Crippen molar-refractivity contribution in [1.82, 2.24) is 14.5 Å². The summed E-state index contributed by atoms with van der Waals surface area (Å²) in [7, 11) is 5.31. The summed E-state index contributed by atoms with van der Waals surface area (Å²) in [5.41, 5.74) is 1.23. The minimum absolute atomic E-state index is 0.0126. The molecule has 1 heterocycles. The van der Waals surface area contributed by atoms with Crippen LogP contribution in [-0.2, 0) is 18.3 Å². The number of halogens is 2. The zero-order valence-electron chi connectivity index (χ0n) is 20.7. The summed E-state index contributed by atoms with van der Waals surface area (Å²) >= 11 is 12.1. The van der Waals surface area contributed by atoms with Crippen LogP contribution >= 0.6 is 23.2 Å². The van der Waals surface area contributed by atoms with Gasteiger partial charge in [0.2, 0.25) is 0 Å².